The number of H-pyrrole nitrogens is 1. The Labute approximate surface area is 155 Å². The molecular weight excluding hydrogens is 344 g/mol. The van der Waals surface area contributed by atoms with Gasteiger partial charge in [0.2, 0.25) is 0 Å². The average Bonchev–Trinajstić information content (AvgIpc) is 3.43. The molecule has 3 aromatic heterocycles. The van der Waals surface area contributed by atoms with Gasteiger partial charge in [-0.2, -0.15) is 5.10 Å². The molecule has 130 valence electrons. The fourth-order valence-corrected chi connectivity index (χ4v) is 3.50. The van der Waals surface area contributed by atoms with Gasteiger partial charge in [0.15, 0.2) is 5.69 Å². The lowest BCUT2D eigenvalue weighted by molar-refractivity contribution is 0.0935. The quantitative estimate of drug-likeness (QED) is 0.552. The van der Waals surface area contributed by atoms with Crippen LogP contribution in [-0.2, 0) is 0 Å². The number of thiophene rings is 1. The van der Waals surface area contributed by atoms with E-state index >= 15 is 0 Å². The first-order chi connectivity index (χ1) is 12.7. The zero-order chi connectivity index (χ0) is 17.9. The Morgan fingerprint density at radius 2 is 2.00 bits per heavy atom. The summed E-state index contributed by atoms with van der Waals surface area (Å²) >= 11 is 1.61. The predicted molar refractivity (Wildman–Crippen MR) is 104 cm³/mol. The Kier molecular flexibility index (Phi) is 4.41. The molecule has 26 heavy (non-hydrogen) atoms. The number of hydrogen-bond donors (Lipinski definition) is 2. The number of aromatic nitrogens is 3. The second-order valence-corrected chi connectivity index (χ2v) is 6.97. The van der Waals surface area contributed by atoms with Crippen molar-refractivity contribution < 1.29 is 4.79 Å². The lowest BCUT2D eigenvalue weighted by Gasteiger charge is -2.15. The number of rotatable bonds is 5. The third-order valence-corrected chi connectivity index (χ3v) is 5.12. The summed E-state index contributed by atoms with van der Waals surface area (Å²) in [6.07, 6.45) is 4.00. The summed E-state index contributed by atoms with van der Waals surface area (Å²) in [6, 6.07) is 17.7. The van der Waals surface area contributed by atoms with Crippen molar-refractivity contribution in [3.8, 4) is 16.3 Å². The largest absolute Gasteiger partial charge is 0.344 e. The van der Waals surface area contributed by atoms with Crippen molar-refractivity contribution in [2.24, 2.45) is 0 Å². The lowest BCUT2D eigenvalue weighted by Crippen LogP contribution is -2.27. The summed E-state index contributed by atoms with van der Waals surface area (Å²) in [5.41, 5.74) is 3.35. The second-order valence-electron chi connectivity index (χ2n) is 6.02. The van der Waals surface area contributed by atoms with Gasteiger partial charge < -0.3 is 9.88 Å². The number of amides is 1. The molecule has 1 unspecified atom stereocenters. The van der Waals surface area contributed by atoms with Gasteiger partial charge in [0.1, 0.15) is 0 Å². The van der Waals surface area contributed by atoms with Gasteiger partial charge in [-0.15, -0.1) is 11.3 Å². The fraction of sp³-hybridized carbons (Fsp3) is 0.100. The van der Waals surface area contributed by atoms with Crippen molar-refractivity contribution in [3.05, 3.63) is 83.6 Å². The maximum atomic E-state index is 12.5. The zero-order valence-electron chi connectivity index (χ0n) is 14.2. The van der Waals surface area contributed by atoms with Crippen LogP contribution < -0.4 is 5.32 Å². The Hall–Kier alpha value is -3.12. The third-order valence-electron chi connectivity index (χ3n) is 4.22. The molecule has 5 nitrogen and oxygen atoms in total. The maximum Gasteiger partial charge on any atom is 0.272 e. The Bertz CT molecular complexity index is 1000. The molecule has 1 aromatic carbocycles. The molecule has 0 bridgehead atoms. The summed E-state index contributed by atoms with van der Waals surface area (Å²) in [4.78, 5) is 13.6. The molecule has 2 N–H and O–H groups in total. The zero-order valence-corrected chi connectivity index (χ0v) is 15.0. The van der Waals surface area contributed by atoms with Gasteiger partial charge in [-0.1, -0.05) is 18.2 Å². The number of carbonyl (C=O) groups is 1. The number of carbonyl (C=O) groups excluding carboxylic acids is 1. The van der Waals surface area contributed by atoms with E-state index < -0.39 is 0 Å². The highest BCUT2D eigenvalue weighted by Gasteiger charge is 2.15. The van der Waals surface area contributed by atoms with E-state index in [2.05, 4.69) is 21.6 Å². The van der Waals surface area contributed by atoms with Crippen LogP contribution in [0.5, 0.6) is 0 Å². The first-order valence-electron chi connectivity index (χ1n) is 8.34. The van der Waals surface area contributed by atoms with Gasteiger partial charge in [0.25, 0.3) is 5.91 Å². The van der Waals surface area contributed by atoms with Crippen LogP contribution >= 0.6 is 11.3 Å². The number of aromatic amines is 1. The van der Waals surface area contributed by atoms with Crippen LogP contribution in [0, 0.1) is 0 Å². The normalized spacial score (nSPS) is 12.0. The molecule has 0 spiro atoms. The minimum atomic E-state index is -0.192. The summed E-state index contributed by atoms with van der Waals surface area (Å²) < 4.78 is 2.04. The lowest BCUT2D eigenvalue weighted by atomic mass is 10.1. The van der Waals surface area contributed by atoms with Crippen LogP contribution in [0.2, 0.25) is 0 Å². The summed E-state index contributed by atoms with van der Waals surface area (Å²) in [5.74, 6) is -0.192. The summed E-state index contributed by atoms with van der Waals surface area (Å²) in [5, 5.41) is 12.1. The summed E-state index contributed by atoms with van der Waals surface area (Å²) in [7, 11) is 0. The molecule has 0 saturated carbocycles. The van der Waals surface area contributed by atoms with Gasteiger partial charge in [-0.3, -0.25) is 9.89 Å². The van der Waals surface area contributed by atoms with Gasteiger partial charge in [-0.25, -0.2) is 0 Å². The number of nitrogens with one attached hydrogen (secondary N) is 2. The highest BCUT2D eigenvalue weighted by Crippen LogP contribution is 2.23. The molecular formula is C20H18N4OS. The van der Waals surface area contributed by atoms with E-state index in [-0.39, 0.29) is 11.9 Å². The smallest absolute Gasteiger partial charge is 0.272 e. The Morgan fingerprint density at radius 1 is 1.15 bits per heavy atom. The average molecular weight is 362 g/mol. The molecule has 4 rings (SSSR count). The molecule has 1 atom stereocenters. The van der Waals surface area contributed by atoms with Crippen molar-refractivity contribution in [2.75, 3.05) is 0 Å². The van der Waals surface area contributed by atoms with Gasteiger partial charge in [-0.05, 0) is 54.3 Å². The molecule has 0 aliphatic heterocycles. The van der Waals surface area contributed by atoms with E-state index in [9.17, 15) is 4.79 Å². The molecule has 1 amide bonds. The summed E-state index contributed by atoms with van der Waals surface area (Å²) in [6.45, 7) is 1.97. The SMILES string of the molecule is CC(NC(=O)c1cc(-c2cccs2)[nH]n1)c1cccc(-n2cccc2)c1. The van der Waals surface area contributed by atoms with Crippen molar-refractivity contribution in [1.82, 2.24) is 20.1 Å². The highest BCUT2D eigenvalue weighted by molar-refractivity contribution is 7.13. The van der Waals surface area contributed by atoms with Gasteiger partial charge in [0, 0.05) is 18.1 Å². The fourth-order valence-electron chi connectivity index (χ4n) is 2.81. The third kappa shape index (κ3) is 3.32. The van der Waals surface area contributed by atoms with Gasteiger partial charge in [0.05, 0.1) is 16.6 Å². The minimum absolute atomic E-state index is 0.125. The molecule has 4 aromatic rings. The molecule has 0 aliphatic rings. The Balaban J connectivity index is 1.49. The van der Waals surface area contributed by atoms with E-state index in [1.165, 1.54) is 0 Å². The minimum Gasteiger partial charge on any atom is -0.344 e. The number of nitrogens with zero attached hydrogens (tertiary/aromatic N) is 2. The maximum absolute atomic E-state index is 12.5. The van der Waals surface area contributed by atoms with Crippen molar-refractivity contribution >= 4 is 17.2 Å². The molecule has 0 fully saturated rings. The van der Waals surface area contributed by atoms with E-state index in [4.69, 9.17) is 0 Å². The standard InChI is InChI=1S/C20H18N4OS/c1-14(15-6-4-7-16(12-15)24-9-2-3-10-24)21-20(25)18-13-17(22-23-18)19-8-5-11-26-19/h2-14H,1H3,(H,21,25)(H,22,23). The van der Waals surface area contributed by atoms with E-state index in [0.717, 1.165) is 21.8 Å². The topological polar surface area (TPSA) is 62.7 Å². The number of hydrogen-bond acceptors (Lipinski definition) is 3. The number of benzene rings is 1. The van der Waals surface area contributed by atoms with Gasteiger partial charge >= 0.3 is 0 Å². The van der Waals surface area contributed by atoms with Crippen LogP contribution in [-0.4, -0.2) is 20.7 Å². The highest BCUT2D eigenvalue weighted by atomic mass is 32.1. The monoisotopic (exact) mass is 362 g/mol. The predicted octanol–water partition coefficient (Wildman–Crippen LogP) is 4.42. The molecule has 0 aliphatic carbocycles. The molecule has 0 radical (unpaired) electrons. The van der Waals surface area contributed by atoms with Crippen molar-refractivity contribution in [3.63, 3.8) is 0 Å². The molecule has 3 heterocycles. The van der Waals surface area contributed by atoms with Crippen LogP contribution in [0.15, 0.2) is 72.4 Å². The van der Waals surface area contributed by atoms with Crippen molar-refractivity contribution in [1.29, 1.82) is 0 Å². The van der Waals surface area contributed by atoms with Crippen LogP contribution in [0.1, 0.15) is 29.0 Å². The molecule has 0 saturated heterocycles. The van der Waals surface area contributed by atoms with Crippen LogP contribution in [0.25, 0.3) is 16.3 Å². The Morgan fingerprint density at radius 3 is 2.77 bits per heavy atom. The van der Waals surface area contributed by atoms with E-state index in [1.54, 1.807) is 17.4 Å². The first kappa shape index (κ1) is 16.4. The first-order valence-corrected chi connectivity index (χ1v) is 9.22. The second kappa shape index (κ2) is 7.01. The van der Waals surface area contributed by atoms with Crippen LogP contribution in [0.4, 0.5) is 0 Å². The van der Waals surface area contributed by atoms with E-state index in [1.807, 2.05) is 71.7 Å². The molecule has 6 heteroatoms. The van der Waals surface area contributed by atoms with Crippen molar-refractivity contribution in [2.45, 2.75) is 13.0 Å². The van der Waals surface area contributed by atoms with Crippen LogP contribution in [0.3, 0.4) is 0 Å². The van der Waals surface area contributed by atoms with E-state index in [0.29, 0.717) is 5.69 Å².